The van der Waals surface area contributed by atoms with Gasteiger partial charge in [0.1, 0.15) is 23.7 Å². The third-order valence-electron chi connectivity index (χ3n) is 9.89. The maximum Gasteiger partial charge on any atom is 0.246 e. The molecule has 2 aliphatic heterocycles. The topological polar surface area (TPSA) is 150 Å². The number of aromatic nitrogens is 1. The van der Waals surface area contributed by atoms with E-state index < -0.39 is 47.6 Å². The lowest BCUT2D eigenvalue weighted by Crippen LogP contribution is -2.57. The van der Waals surface area contributed by atoms with Crippen molar-refractivity contribution in [2.45, 2.75) is 122 Å². The molecular weight excluding hydrogens is 691 g/mol. The maximum absolute atomic E-state index is 14.2. The van der Waals surface area contributed by atoms with Crippen LogP contribution in [0.2, 0.25) is 0 Å². The molecule has 2 fully saturated rings. The SMILES string of the molecule is CC(C)C[C@H](NC(=O)[C@H](Cc1ccccc1)N1C(=O)[C@@H](NC(=O)[C@H](CCc2ccccc2)NC(=O)Cc2cnc(C(C)C)s2)CC1C)C(=O)C1(C)CO1. The molecule has 0 aliphatic carbocycles. The summed E-state index contributed by atoms with van der Waals surface area (Å²) < 4.78 is 5.43. The number of ether oxygens (including phenoxy) is 1. The number of ketones is 1. The Morgan fingerprint density at radius 2 is 1.58 bits per heavy atom. The number of hydrogen-bond donors (Lipinski definition) is 3. The Hall–Kier alpha value is -4.42. The molecule has 6 atom stereocenters. The van der Waals surface area contributed by atoms with Crippen LogP contribution in [-0.4, -0.2) is 81.7 Å². The summed E-state index contributed by atoms with van der Waals surface area (Å²) in [6.45, 7) is 12.0. The summed E-state index contributed by atoms with van der Waals surface area (Å²) >= 11 is 1.48. The highest BCUT2D eigenvalue weighted by Gasteiger charge is 2.51. The number of nitrogens with zero attached hydrogens (tertiary/aromatic N) is 2. The van der Waals surface area contributed by atoms with Gasteiger partial charge >= 0.3 is 0 Å². The molecule has 2 aliphatic rings. The quantitative estimate of drug-likeness (QED) is 0.162. The Labute approximate surface area is 316 Å². The normalized spacial score (nSPS) is 21.3. The van der Waals surface area contributed by atoms with Gasteiger partial charge in [-0.05, 0) is 56.6 Å². The van der Waals surface area contributed by atoms with E-state index in [0.29, 0.717) is 25.9 Å². The van der Waals surface area contributed by atoms with E-state index in [9.17, 15) is 24.0 Å². The molecule has 5 rings (SSSR count). The lowest BCUT2D eigenvalue weighted by atomic mass is 9.92. The van der Waals surface area contributed by atoms with Crippen LogP contribution in [0.5, 0.6) is 0 Å². The standard InChI is InChI=1S/C41H53N5O6S/c1-25(2)19-32(36(48)41(6)24-52-41)44-38(50)34(21-29-15-11-8-12-16-29)46-27(5)20-33(40(46)51)45-37(49)31(18-17-28-13-9-7-10-14-28)43-35(47)22-30-23-42-39(53-30)26(3)4/h7-16,23,25-27,31-34H,17-22,24H2,1-6H3,(H,43,47)(H,44,50)(H,45,49)/t27?,31-,32-,33-,34-,41?/m0/s1. The summed E-state index contributed by atoms with van der Waals surface area (Å²) in [7, 11) is 0. The smallest absolute Gasteiger partial charge is 0.246 e. The number of carbonyl (C=O) groups excluding carboxylic acids is 5. The van der Waals surface area contributed by atoms with Crippen molar-refractivity contribution in [3.63, 3.8) is 0 Å². The van der Waals surface area contributed by atoms with Gasteiger partial charge in [0.05, 0.1) is 24.1 Å². The van der Waals surface area contributed by atoms with Gasteiger partial charge in [-0.1, -0.05) is 88.4 Å². The predicted molar refractivity (Wildman–Crippen MR) is 204 cm³/mol. The average molecular weight is 744 g/mol. The van der Waals surface area contributed by atoms with E-state index in [4.69, 9.17) is 4.74 Å². The Balaban J connectivity index is 1.32. The Bertz CT molecular complexity index is 1740. The molecule has 0 saturated carbocycles. The summed E-state index contributed by atoms with van der Waals surface area (Å²) in [5.74, 6) is -1.39. The largest absolute Gasteiger partial charge is 0.361 e. The third-order valence-corrected chi connectivity index (χ3v) is 11.2. The van der Waals surface area contributed by atoms with Gasteiger partial charge in [-0.25, -0.2) is 4.98 Å². The second-order valence-electron chi connectivity index (χ2n) is 15.3. The van der Waals surface area contributed by atoms with Crippen LogP contribution < -0.4 is 16.0 Å². The zero-order valence-corrected chi connectivity index (χ0v) is 32.4. The first-order valence-electron chi connectivity index (χ1n) is 18.7. The summed E-state index contributed by atoms with van der Waals surface area (Å²) in [6.07, 6.45) is 3.60. The lowest BCUT2D eigenvalue weighted by molar-refractivity contribution is -0.142. The van der Waals surface area contributed by atoms with E-state index in [1.807, 2.05) is 95.3 Å². The molecule has 53 heavy (non-hydrogen) atoms. The van der Waals surface area contributed by atoms with Crippen LogP contribution in [0.3, 0.4) is 0 Å². The van der Waals surface area contributed by atoms with Crippen molar-refractivity contribution in [2.75, 3.05) is 6.61 Å². The first-order chi connectivity index (χ1) is 25.2. The minimum Gasteiger partial charge on any atom is -0.361 e. The van der Waals surface area contributed by atoms with Gasteiger partial charge in [-0.15, -0.1) is 11.3 Å². The average Bonchev–Trinajstić information content (AvgIpc) is 3.59. The molecule has 2 unspecified atom stereocenters. The van der Waals surface area contributed by atoms with Crippen molar-refractivity contribution in [3.8, 4) is 0 Å². The Kier molecular flexibility index (Phi) is 13.2. The number of carbonyl (C=O) groups is 5. The highest BCUT2D eigenvalue weighted by molar-refractivity contribution is 7.11. The number of nitrogens with one attached hydrogen (secondary N) is 3. The monoisotopic (exact) mass is 743 g/mol. The molecule has 2 aromatic carbocycles. The van der Waals surface area contributed by atoms with Gasteiger partial charge in [0.2, 0.25) is 23.6 Å². The van der Waals surface area contributed by atoms with Crippen LogP contribution >= 0.6 is 11.3 Å². The first kappa shape index (κ1) is 39.8. The van der Waals surface area contributed by atoms with Crippen molar-refractivity contribution in [1.29, 1.82) is 0 Å². The first-order valence-corrected chi connectivity index (χ1v) is 19.5. The molecular formula is C41H53N5O6S. The van der Waals surface area contributed by atoms with Gasteiger partial charge in [-0.2, -0.15) is 0 Å². The molecule has 0 bridgehead atoms. The molecule has 4 amide bonds. The molecule has 284 valence electrons. The fraction of sp³-hybridized carbons (Fsp3) is 0.512. The number of amides is 4. The Morgan fingerprint density at radius 1 is 0.943 bits per heavy atom. The van der Waals surface area contributed by atoms with Crippen LogP contribution in [0.15, 0.2) is 66.9 Å². The summed E-state index contributed by atoms with van der Waals surface area (Å²) in [5.41, 5.74) is 0.957. The van der Waals surface area contributed by atoms with Gasteiger partial charge in [0.25, 0.3) is 0 Å². The predicted octanol–water partition coefficient (Wildman–Crippen LogP) is 4.53. The number of benzene rings is 2. The van der Waals surface area contributed by atoms with Crippen LogP contribution in [0.1, 0.15) is 87.7 Å². The van der Waals surface area contributed by atoms with E-state index in [2.05, 4.69) is 20.9 Å². The second-order valence-corrected chi connectivity index (χ2v) is 16.5. The molecule has 11 nitrogen and oxygen atoms in total. The van der Waals surface area contributed by atoms with Crippen LogP contribution in [-0.2, 0) is 48.0 Å². The molecule has 0 spiro atoms. The van der Waals surface area contributed by atoms with E-state index >= 15 is 0 Å². The minimum absolute atomic E-state index is 0.0918. The van der Waals surface area contributed by atoms with Crippen LogP contribution in [0, 0.1) is 5.92 Å². The molecule has 2 saturated heterocycles. The van der Waals surface area contributed by atoms with Gasteiger partial charge in [0, 0.05) is 29.5 Å². The number of hydrogen-bond acceptors (Lipinski definition) is 8. The van der Waals surface area contributed by atoms with Gasteiger partial charge in [0.15, 0.2) is 5.78 Å². The van der Waals surface area contributed by atoms with Crippen molar-refractivity contribution in [2.24, 2.45) is 5.92 Å². The van der Waals surface area contributed by atoms with Crippen molar-refractivity contribution in [3.05, 3.63) is 87.9 Å². The molecule has 3 aromatic rings. The number of thiazole rings is 1. The Morgan fingerprint density at radius 3 is 2.17 bits per heavy atom. The third kappa shape index (κ3) is 10.6. The van der Waals surface area contributed by atoms with Crippen molar-refractivity contribution < 1.29 is 28.7 Å². The fourth-order valence-electron chi connectivity index (χ4n) is 6.85. The molecule has 0 radical (unpaired) electrons. The van der Waals surface area contributed by atoms with E-state index in [0.717, 1.165) is 21.0 Å². The molecule has 3 N–H and O–H groups in total. The fourth-order valence-corrected chi connectivity index (χ4v) is 7.77. The van der Waals surface area contributed by atoms with Gasteiger partial charge < -0.3 is 25.6 Å². The second kappa shape index (κ2) is 17.6. The van der Waals surface area contributed by atoms with E-state index in [1.165, 1.54) is 11.3 Å². The van der Waals surface area contributed by atoms with Crippen LogP contribution in [0.25, 0.3) is 0 Å². The summed E-state index contributed by atoms with van der Waals surface area (Å²) in [6, 6.07) is 15.3. The lowest BCUT2D eigenvalue weighted by Gasteiger charge is -2.33. The number of rotatable bonds is 18. The highest BCUT2D eigenvalue weighted by atomic mass is 32.1. The minimum atomic E-state index is -0.930. The number of epoxide rings is 1. The van der Waals surface area contributed by atoms with E-state index in [-0.39, 0.29) is 48.7 Å². The van der Waals surface area contributed by atoms with Crippen molar-refractivity contribution in [1.82, 2.24) is 25.8 Å². The van der Waals surface area contributed by atoms with Gasteiger partial charge in [-0.3, -0.25) is 24.0 Å². The zero-order valence-electron chi connectivity index (χ0n) is 31.6. The zero-order chi connectivity index (χ0) is 38.3. The summed E-state index contributed by atoms with van der Waals surface area (Å²) in [5, 5.41) is 9.78. The molecule has 1 aromatic heterocycles. The number of Topliss-reactive ketones (excluding diaryl/α,β-unsaturated/α-hetero) is 1. The number of aryl methyl sites for hydroxylation is 1. The molecule has 12 heteroatoms. The van der Waals surface area contributed by atoms with E-state index in [1.54, 1.807) is 18.0 Å². The maximum atomic E-state index is 14.2. The van der Waals surface area contributed by atoms with Crippen LogP contribution in [0.4, 0.5) is 0 Å². The molecule has 3 heterocycles. The number of likely N-dealkylation sites (tertiary alicyclic amines) is 1. The van der Waals surface area contributed by atoms with Crippen molar-refractivity contribution >= 4 is 40.7 Å². The highest BCUT2D eigenvalue weighted by Crippen LogP contribution is 2.30. The summed E-state index contributed by atoms with van der Waals surface area (Å²) in [4.78, 5) is 75.8.